The average Bonchev–Trinajstić information content (AvgIpc) is 3.45. The van der Waals surface area contributed by atoms with Crippen LogP contribution in [0.5, 0.6) is 0 Å². The van der Waals surface area contributed by atoms with E-state index >= 15 is 0 Å². The fourth-order valence-electron chi connectivity index (χ4n) is 4.04. The molecule has 160 valence electrons. The van der Waals surface area contributed by atoms with Crippen molar-refractivity contribution in [3.63, 3.8) is 0 Å². The second kappa shape index (κ2) is 9.57. The van der Waals surface area contributed by atoms with E-state index in [9.17, 15) is 14.4 Å². The summed E-state index contributed by atoms with van der Waals surface area (Å²) in [4.78, 5) is 40.8. The predicted molar refractivity (Wildman–Crippen MR) is 119 cm³/mol. The minimum atomic E-state index is -0.489. The Balaban J connectivity index is 1.27. The molecule has 2 atom stereocenters. The van der Waals surface area contributed by atoms with Crippen LogP contribution in [0.3, 0.4) is 0 Å². The van der Waals surface area contributed by atoms with Gasteiger partial charge < -0.3 is 20.9 Å². The minimum absolute atomic E-state index is 0.0751. The molecule has 0 aliphatic carbocycles. The summed E-state index contributed by atoms with van der Waals surface area (Å²) >= 11 is 0. The first-order valence-electron chi connectivity index (χ1n) is 10.5. The first kappa shape index (κ1) is 20.8. The van der Waals surface area contributed by atoms with Crippen molar-refractivity contribution in [2.45, 2.75) is 6.42 Å². The number of fused-ring (bicyclic) bond motifs is 1. The number of benzene rings is 2. The fraction of sp³-hybridized carbons (Fsp3) is 0.292. The topological polar surface area (TPSA) is 103 Å². The van der Waals surface area contributed by atoms with Crippen molar-refractivity contribution in [1.82, 2.24) is 20.9 Å². The number of carbonyl (C=O) groups is 3. The maximum absolute atomic E-state index is 12.7. The number of para-hydroxylation sites is 1. The van der Waals surface area contributed by atoms with Gasteiger partial charge in [0.25, 0.3) is 0 Å². The van der Waals surface area contributed by atoms with Gasteiger partial charge in [0.05, 0.1) is 18.4 Å². The van der Waals surface area contributed by atoms with Crippen molar-refractivity contribution in [2.75, 3.05) is 26.2 Å². The van der Waals surface area contributed by atoms with E-state index in [2.05, 4.69) is 27.0 Å². The fourth-order valence-corrected chi connectivity index (χ4v) is 4.04. The summed E-state index contributed by atoms with van der Waals surface area (Å²) in [7, 11) is 0. The summed E-state index contributed by atoms with van der Waals surface area (Å²) in [5, 5.41) is 9.93. The Hall–Kier alpha value is -3.45. The second-order valence-corrected chi connectivity index (χ2v) is 7.78. The number of H-pyrrole nitrogens is 1. The summed E-state index contributed by atoms with van der Waals surface area (Å²) in [6.45, 7) is 1.29. The quantitative estimate of drug-likeness (QED) is 0.418. The molecule has 1 aromatic heterocycles. The predicted octanol–water partition coefficient (Wildman–Crippen LogP) is 1.66. The Labute approximate surface area is 180 Å². The van der Waals surface area contributed by atoms with Crippen molar-refractivity contribution in [2.24, 2.45) is 11.8 Å². The van der Waals surface area contributed by atoms with Crippen molar-refractivity contribution in [1.29, 1.82) is 0 Å². The Morgan fingerprint density at radius 1 is 0.871 bits per heavy atom. The van der Waals surface area contributed by atoms with Crippen LogP contribution in [0.1, 0.15) is 15.9 Å². The van der Waals surface area contributed by atoms with Crippen LogP contribution in [0.25, 0.3) is 10.9 Å². The smallest absolute Gasteiger partial charge is 0.225 e. The highest BCUT2D eigenvalue weighted by Crippen LogP contribution is 2.19. The highest BCUT2D eigenvalue weighted by molar-refractivity contribution is 6.00. The molecule has 31 heavy (non-hydrogen) atoms. The number of ketones is 1. The normalized spacial score (nSPS) is 18.1. The van der Waals surface area contributed by atoms with Crippen molar-refractivity contribution < 1.29 is 14.4 Å². The molecule has 4 rings (SSSR count). The molecule has 1 aliphatic rings. The molecule has 4 N–H and O–H groups in total. The van der Waals surface area contributed by atoms with E-state index in [4.69, 9.17) is 0 Å². The summed E-state index contributed by atoms with van der Waals surface area (Å²) in [6.07, 6.45) is 2.67. The molecule has 0 saturated carbocycles. The summed E-state index contributed by atoms with van der Waals surface area (Å²) in [6, 6.07) is 16.9. The van der Waals surface area contributed by atoms with Gasteiger partial charge in [-0.2, -0.15) is 0 Å². The lowest BCUT2D eigenvalue weighted by Crippen LogP contribution is -2.43. The third kappa shape index (κ3) is 4.83. The number of nitrogens with one attached hydrogen (secondary N) is 4. The van der Waals surface area contributed by atoms with Crippen LogP contribution >= 0.6 is 0 Å². The van der Waals surface area contributed by atoms with Crippen LogP contribution in [0, 0.1) is 11.8 Å². The van der Waals surface area contributed by atoms with Gasteiger partial charge in [-0.15, -0.1) is 0 Å². The highest BCUT2D eigenvalue weighted by Gasteiger charge is 2.37. The van der Waals surface area contributed by atoms with E-state index in [0.717, 1.165) is 16.5 Å². The third-order valence-electron chi connectivity index (χ3n) is 5.78. The van der Waals surface area contributed by atoms with Crippen LogP contribution in [-0.4, -0.2) is 48.8 Å². The van der Waals surface area contributed by atoms with Crippen molar-refractivity contribution >= 4 is 28.5 Å². The molecule has 1 saturated heterocycles. The zero-order valence-corrected chi connectivity index (χ0v) is 17.2. The number of hydrogen-bond acceptors (Lipinski definition) is 4. The molecule has 2 heterocycles. The molecular weight excluding hydrogens is 392 g/mol. The Bertz CT molecular complexity index is 1080. The number of amides is 2. The van der Waals surface area contributed by atoms with Gasteiger partial charge in [0, 0.05) is 42.3 Å². The first-order valence-corrected chi connectivity index (χ1v) is 10.5. The first-order chi connectivity index (χ1) is 15.1. The zero-order chi connectivity index (χ0) is 21.6. The van der Waals surface area contributed by atoms with Gasteiger partial charge in [0.15, 0.2) is 5.78 Å². The summed E-state index contributed by atoms with van der Waals surface area (Å²) in [5.74, 6) is -1.50. The molecule has 0 spiro atoms. The van der Waals surface area contributed by atoms with Gasteiger partial charge >= 0.3 is 0 Å². The second-order valence-electron chi connectivity index (χ2n) is 7.78. The van der Waals surface area contributed by atoms with E-state index in [1.54, 1.807) is 24.3 Å². The van der Waals surface area contributed by atoms with Crippen molar-refractivity contribution in [3.8, 4) is 0 Å². The molecule has 3 aromatic rings. The van der Waals surface area contributed by atoms with Gasteiger partial charge in [-0.3, -0.25) is 14.4 Å². The summed E-state index contributed by atoms with van der Waals surface area (Å²) < 4.78 is 0. The monoisotopic (exact) mass is 418 g/mol. The van der Waals surface area contributed by atoms with Crippen LogP contribution in [-0.2, 0) is 16.0 Å². The van der Waals surface area contributed by atoms with E-state index in [1.165, 1.54) is 0 Å². The Morgan fingerprint density at radius 3 is 2.32 bits per heavy atom. The van der Waals surface area contributed by atoms with Gasteiger partial charge in [0.1, 0.15) is 0 Å². The number of aromatic amines is 1. The molecule has 0 radical (unpaired) electrons. The van der Waals surface area contributed by atoms with Gasteiger partial charge in [-0.05, 0) is 18.1 Å². The Morgan fingerprint density at radius 2 is 1.55 bits per heavy atom. The molecule has 0 unspecified atom stereocenters. The zero-order valence-electron chi connectivity index (χ0n) is 17.2. The van der Waals surface area contributed by atoms with Crippen molar-refractivity contribution in [3.05, 3.63) is 71.9 Å². The third-order valence-corrected chi connectivity index (χ3v) is 5.78. The lowest BCUT2D eigenvalue weighted by molar-refractivity contribution is -0.132. The van der Waals surface area contributed by atoms with Crippen LogP contribution in [0.2, 0.25) is 0 Å². The van der Waals surface area contributed by atoms with E-state index < -0.39 is 11.8 Å². The molecule has 7 heteroatoms. The molecule has 7 nitrogen and oxygen atoms in total. The molecule has 0 bridgehead atoms. The standard InChI is InChI=1S/C24H26N4O3/c29-22(16-6-2-1-3-7-16)15-28-24(31)20-14-25-13-19(20)23(30)26-11-10-17-12-27-21-9-5-4-8-18(17)21/h1-9,12,19-20,25,27H,10-11,13-15H2,(H,26,30)(H,28,31)/t19-,20+/m1/s1. The van der Waals surface area contributed by atoms with Crippen LogP contribution < -0.4 is 16.0 Å². The number of hydrogen-bond donors (Lipinski definition) is 4. The minimum Gasteiger partial charge on any atom is -0.361 e. The largest absolute Gasteiger partial charge is 0.361 e. The van der Waals surface area contributed by atoms with E-state index in [0.29, 0.717) is 31.6 Å². The average molecular weight is 418 g/mol. The highest BCUT2D eigenvalue weighted by atomic mass is 16.2. The molecular formula is C24H26N4O3. The van der Waals surface area contributed by atoms with E-state index in [-0.39, 0.29) is 24.1 Å². The Kier molecular flexibility index (Phi) is 6.43. The lowest BCUT2D eigenvalue weighted by atomic mass is 9.94. The SMILES string of the molecule is O=C(CNC(=O)[C@H]1CNC[C@H]1C(=O)NCCc1c[nH]c2ccccc12)c1ccccc1. The molecule has 1 aliphatic heterocycles. The van der Waals surface area contributed by atoms with Gasteiger partial charge in [0.2, 0.25) is 11.8 Å². The maximum atomic E-state index is 12.7. The number of carbonyl (C=O) groups excluding carboxylic acids is 3. The van der Waals surface area contributed by atoms with Crippen LogP contribution in [0.4, 0.5) is 0 Å². The number of aromatic nitrogens is 1. The molecule has 2 amide bonds. The van der Waals surface area contributed by atoms with Gasteiger partial charge in [-0.1, -0.05) is 48.5 Å². The molecule has 1 fully saturated rings. The van der Waals surface area contributed by atoms with Gasteiger partial charge in [-0.25, -0.2) is 0 Å². The number of Topliss-reactive ketones (excluding diaryl/α,β-unsaturated/α-hetero) is 1. The number of rotatable bonds is 8. The van der Waals surface area contributed by atoms with Crippen LogP contribution in [0.15, 0.2) is 60.8 Å². The maximum Gasteiger partial charge on any atom is 0.225 e. The lowest BCUT2D eigenvalue weighted by Gasteiger charge is -2.17. The van der Waals surface area contributed by atoms with E-state index in [1.807, 2.05) is 30.5 Å². The summed E-state index contributed by atoms with van der Waals surface area (Å²) in [5.41, 5.74) is 2.78. The molecule has 2 aromatic carbocycles.